The Hall–Kier alpha value is -2.55. The van der Waals surface area contributed by atoms with Gasteiger partial charge in [-0.3, -0.25) is 9.69 Å². The summed E-state index contributed by atoms with van der Waals surface area (Å²) in [4.78, 5) is 26.1. The van der Waals surface area contributed by atoms with Crippen LogP contribution in [0.1, 0.15) is 45.1 Å². The summed E-state index contributed by atoms with van der Waals surface area (Å²) in [5, 5.41) is 11.6. The van der Waals surface area contributed by atoms with E-state index in [1.807, 2.05) is 19.9 Å². The topological polar surface area (TPSA) is 82.4 Å². The highest BCUT2D eigenvalue weighted by atomic mass is 16.5. The number of benzene rings is 1. The summed E-state index contributed by atoms with van der Waals surface area (Å²) >= 11 is 0. The van der Waals surface area contributed by atoms with Crippen LogP contribution in [0.4, 0.5) is 4.79 Å². The highest BCUT2D eigenvalue weighted by molar-refractivity contribution is 6.07. The van der Waals surface area contributed by atoms with Gasteiger partial charge < -0.3 is 10.1 Å². The molecule has 6 nitrogen and oxygen atoms in total. The van der Waals surface area contributed by atoms with Gasteiger partial charge in [0.05, 0.1) is 18.2 Å². The van der Waals surface area contributed by atoms with Gasteiger partial charge in [0.15, 0.2) is 0 Å². The molecule has 0 aromatic heterocycles. The van der Waals surface area contributed by atoms with E-state index < -0.39 is 5.54 Å². The van der Waals surface area contributed by atoms with E-state index in [2.05, 4.69) is 5.32 Å². The molecule has 0 atom stereocenters. The minimum Gasteiger partial charge on any atom is -0.492 e. The van der Waals surface area contributed by atoms with E-state index in [0.717, 1.165) is 12.8 Å². The summed E-state index contributed by atoms with van der Waals surface area (Å²) in [6.07, 6.45) is 2.97. The Morgan fingerprint density at radius 2 is 1.79 bits per heavy atom. The van der Waals surface area contributed by atoms with Gasteiger partial charge in [-0.1, -0.05) is 26.7 Å². The number of ether oxygens (including phenoxy) is 1. The van der Waals surface area contributed by atoms with E-state index in [1.54, 1.807) is 24.3 Å². The zero-order chi connectivity index (χ0) is 17.6. The highest BCUT2D eigenvalue weighted by Crippen LogP contribution is 2.27. The molecule has 1 aromatic carbocycles. The van der Waals surface area contributed by atoms with Crippen molar-refractivity contribution in [1.29, 1.82) is 5.26 Å². The van der Waals surface area contributed by atoms with Crippen LogP contribution in [-0.2, 0) is 4.79 Å². The van der Waals surface area contributed by atoms with Crippen LogP contribution >= 0.6 is 0 Å². The van der Waals surface area contributed by atoms with Gasteiger partial charge in [0, 0.05) is 0 Å². The molecule has 3 amide bonds. The Bertz CT molecular complexity index is 628. The van der Waals surface area contributed by atoms with Gasteiger partial charge in [0.1, 0.15) is 17.9 Å². The van der Waals surface area contributed by atoms with Crippen LogP contribution in [0.25, 0.3) is 0 Å². The fraction of sp³-hybridized carbons (Fsp3) is 0.500. The highest BCUT2D eigenvalue weighted by Gasteiger charge is 2.49. The SMILES string of the molecule is CCCC1(CCC)NC(=O)N(CCOc2ccc(C#N)cc2)C1=O. The number of hydrogen-bond donors (Lipinski definition) is 1. The quantitative estimate of drug-likeness (QED) is 0.743. The van der Waals surface area contributed by atoms with Crippen LogP contribution in [0.2, 0.25) is 0 Å². The van der Waals surface area contributed by atoms with Crippen LogP contribution in [0, 0.1) is 11.3 Å². The first-order valence-electron chi connectivity index (χ1n) is 8.33. The fourth-order valence-electron chi connectivity index (χ4n) is 3.08. The van der Waals surface area contributed by atoms with Crippen molar-refractivity contribution in [2.75, 3.05) is 13.2 Å². The number of urea groups is 1. The van der Waals surface area contributed by atoms with Crippen molar-refractivity contribution in [3.8, 4) is 11.8 Å². The first kappa shape index (κ1) is 17.8. The summed E-state index contributed by atoms with van der Waals surface area (Å²) in [6.45, 7) is 4.44. The first-order valence-corrected chi connectivity index (χ1v) is 8.33. The second-order valence-electron chi connectivity index (χ2n) is 5.95. The molecule has 1 heterocycles. The van der Waals surface area contributed by atoms with E-state index in [4.69, 9.17) is 10.00 Å². The Morgan fingerprint density at radius 1 is 1.17 bits per heavy atom. The molecule has 1 aromatic rings. The maximum absolute atomic E-state index is 12.7. The predicted molar refractivity (Wildman–Crippen MR) is 89.4 cm³/mol. The molecule has 128 valence electrons. The Balaban J connectivity index is 1.95. The standard InChI is InChI=1S/C18H23N3O3/c1-3-9-18(10-4-2)16(22)21(17(23)20-18)11-12-24-15-7-5-14(13-19)6-8-15/h5-8H,3-4,9-12H2,1-2H3,(H,20,23). The number of carbonyl (C=O) groups excluding carboxylic acids is 2. The Morgan fingerprint density at radius 3 is 2.33 bits per heavy atom. The molecule has 1 aliphatic rings. The van der Waals surface area contributed by atoms with Crippen LogP contribution in [-0.4, -0.2) is 35.5 Å². The predicted octanol–water partition coefficient (Wildman–Crippen LogP) is 2.83. The van der Waals surface area contributed by atoms with Crippen molar-refractivity contribution in [2.24, 2.45) is 0 Å². The molecule has 0 saturated carbocycles. The molecule has 0 aliphatic carbocycles. The van der Waals surface area contributed by atoms with Gasteiger partial charge in [-0.25, -0.2) is 4.79 Å². The van der Waals surface area contributed by atoms with E-state index >= 15 is 0 Å². The van der Waals surface area contributed by atoms with Crippen molar-refractivity contribution in [3.05, 3.63) is 29.8 Å². The summed E-state index contributed by atoms with van der Waals surface area (Å²) in [5.74, 6) is 0.453. The van der Waals surface area contributed by atoms with Gasteiger partial charge in [-0.05, 0) is 37.1 Å². The fourth-order valence-corrected chi connectivity index (χ4v) is 3.08. The van der Waals surface area contributed by atoms with Gasteiger partial charge in [0.2, 0.25) is 0 Å². The molecule has 1 saturated heterocycles. The number of imide groups is 1. The molecule has 0 bridgehead atoms. The number of nitrogens with one attached hydrogen (secondary N) is 1. The van der Waals surface area contributed by atoms with E-state index in [9.17, 15) is 9.59 Å². The third-order valence-electron chi connectivity index (χ3n) is 4.17. The lowest BCUT2D eigenvalue weighted by Gasteiger charge is -2.25. The normalized spacial score (nSPS) is 16.0. The number of hydrogen-bond acceptors (Lipinski definition) is 4. The lowest BCUT2D eigenvalue weighted by atomic mass is 9.88. The average molecular weight is 329 g/mol. The molecule has 1 aliphatic heterocycles. The smallest absolute Gasteiger partial charge is 0.325 e. The molecule has 1 N–H and O–H groups in total. The number of nitrogens with zero attached hydrogens (tertiary/aromatic N) is 2. The van der Waals surface area contributed by atoms with Gasteiger partial charge >= 0.3 is 6.03 Å². The summed E-state index contributed by atoms with van der Waals surface area (Å²) in [6, 6.07) is 8.42. The minimum absolute atomic E-state index is 0.153. The van der Waals surface area contributed by atoms with Crippen molar-refractivity contribution < 1.29 is 14.3 Å². The molecule has 2 rings (SSSR count). The molecular formula is C18H23N3O3. The van der Waals surface area contributed by atoms with Crippen LogP contribution in [0.5, 0.6) is 5.75 Å². The number of nitriles is 1. The molecular weight excluding hydrogens is 306 g/mol. The molecule has 1 fully saturated rings. The number of carbonyl (C=O) groups is 2. The van der Waals surface area contributed by atoms with Crippen molar-refractivity contribution in [1.82, 2.24) is 10.2 Å². The first-order chi connectivity index (χ1) is 11.6. The molecule has 0 radical (unpaired) electrons. The van der Waals surface area contributed by atoms with Crippen LogP contribution in [0.3, 0.4) is 0 Å². The number of amides is 3. The second kappa shape index (κ2) is 7.82. The Kier molecular flexibility index (Phi) is 5.80. The van der Waals surface area contributed by atoms with Crippen molar-refractivity contribution >= 4 is 11.9 Å². The zero-order valence-corrected chi connectivity index (χ0v) is 14.2. The maximum Gasteiger partial charge on any atom is 0.325 e. The average Bonchev–Trinajstić information content (AvgIpc) is 2.80. The molecule has 0 unspecified atom stereocenters. The Labute approximate surface area is 142 Å². The summed E-state index contributed by atoms with van der Waals surface area (Å²) < 4.78 is 5.57. The van der Waals surface area contributed by atoms with Crippen molar-refractivity contribution in [2.45, 2.75) is 45.1 Å². The number of rotatable bonds is 8. The van der Waals surface area contributed by atoms with Gasteiger partial charge in [-0.2, -0.15) is 5.26 Å². The molecule has 24 heavy (non-hydrogen) atoms. The largest absolute Gasteiger partial charge is 0.492 e. The zero-order valence-electron chi connectivity index (χ0n) is 14.2. The van der Waals surface area contributed by atoms with Crippen LogP contribution < -0.4 is 10.1 Å². The van der Waals surface area contributed by atoms with E-state index in [-0.39, 0.29) is 25.1 Å². The maximum atomic E-state index is 12.7. The van der Waals surface area contributed by atoms with E-state index in [1.165, 1.54) is 4.90 Å². The third-order valence-corrected chi connectivity index (χ3v) is 4.17. The molecule has 0 spiro atoms. The monoisotopic (exact) mass is 329 g/mol. The van der Waals surface area contributed by atoms with E-state index in [0.29, 0.717) is 24.2 Å². The second-order valence-corrected chi connectivity index (χ2v) is 5.95. The van der Waals surface area contributed by atoms with Gasteiger partial charge in [-0.15, -0.1) is 0 Å². The van der Waals surface area contributed by atoms with Gasteiger partial charge in [0.25, 0.3) is 5.91 Å². The summed E-state index contributed by atoms with van der Waals surface area (Å²) in [5.41, 5.74) is -0.199. The van der Waals surface area contributed by atoms with Crippen LogP contribution in [0.15, 0.2) is 24.3 Å². The lowest BCUT2D eigenvalue weighted by molar-refractivity contribution is -0.132. The third kappa shape index (κ3) is 3.67. The van der Waals surface area contributed by atoms with Crippen molar-refractivity contribution in [3.63, 3.8) is 0 Å². The lowest BCUT2D eigenvalue weighted by Crippen LogP contribution is -2.47. The summed E-state index contributed by atoms with van der Waals surface area (Å²) in [7, 11) is 0. The minimum atomic E-state index is -0.755. The molecule has 6 heteroatoms.